The lowest BCUT2D eigenvalue weighted by atomic mass is 9.78. The Bertz CT molecular complexity index is 751. The van der Waals surface area contributed by atoms with Crippen LogP contribution in [0.1, 0.15) is 38.5 Å². The minimum absolute atomic E-state index is 0.168. The average Bonchev–Trinajstić information content (AvgIpc) is 2.61. The number of hydrogen-bond donors (Lipinski definition) is 1. The Morgan fingerprint density at radius 1 is 1.16 bits per heavy atom. The van der Waals surface area contributed by atoms with E-state index in [1.807, 2.05) is 4.90 Å². The van der Waals surface area contributed by atoms with Gasteiger partial charge >= 0.3 is 11.7 Å². The number of carbonyl (C=O) groups excluding carboxylic acids is 2. The Balaban J connectivity index is 1.53. The highest BCUT2D eigenvalue weighted by Gasteiger charge is 2.35. The molecule has 25 heavy (non-hydrogen) atoms. The van der Waals surface area contributed by atoms with Gasteiger partial charge in [-0.05, 0) is 31.6 Å². The van der Waals surface area contributed by atoms with Crippen molar-refractivity contribution in [2.45, 2.75) is 51.1 Å². The quantitative estimate of drug-likeness (QED) is 0.786. The fraction of sp³-hybridized carbons (Fsp3) is 0.647. The van der Waals surface area contributed by atoms with Gasteiger partial charge in [0.1, 0.15) is 6.54 Å². The summed E-state index contributed by atoms with van der Waals surface area (Å²) in [6.07, 6.45) is 7.95. The summed E-state index contributed by atoms with van der Waals surface area (Å²) in [5, 5.41) is 0. The van der Waals surface area contributed by atoms with E-state index >= 15 is 0 Å². The molecule has 1 saturated carbocycles. The van der Waals surface area contributed by atoms with Gasteiger partial charge in [-0.15, -0.1) is 0 Å². The smallest absolute Gasteiger partial charge is 0.328 e. The number of likely N-dealkylation sites (tertiary alicyclic amines) is 1. The highest BCUT2D eigenvalue weighted by atomic mass is 16.5. The topological polar surface area (TPSA) is 101 Å². The van der Waals surface area contributed by atoms with Crippen LogP contribution >= 0.6 is 0 Å². The molecule has 2 aliphatic rings. The highest BCUT2D eigenvalue weighted by molar-refractivity contribution is 5.81. The Morgan fingerprint density at radius 3 is 2.72 bits per heavy atom. The van der Waals surface area contributed by atoms with Crippen LogP contribution in [0.25, 0.3) is 0 Å². The van der Waals surface area contributed by atoms with E-state index in [0.29, 0.717) is 5.92 Å². The SMILES string of the molecule is O=C(Cn1ccc(=O)[nH]c1=O)OCC(=O)N1CCC[C@@H]2CCCC[C@@H]21. The van der Waals surface area contributed by atoms with E-state index in [-0.39, 0.29) is 25.1 Å². The van der Waals surface area contributed by atoms with E-state index in [4.69, 9.17) is 4.74 Å². The maximum atomic E-state index is 12.5. The maximum absolute atomic E-state index is 12.5. The minimum atomic E-state index is -0.683. The molecule has 8 nitrogen and oxygen atoms in total. The van der Waals surface area contributed by atoms with Gasteiger partial charge in [0.15, 0.2) is 6.61 Å². The summed E-state index contributed by atoms with van der Waals surface area (Å²) in [7, 11) is 0. The van der Waals surface area contributed by atoms with Gasteiger partial charge in [0.25, 0.3) is 11.5 Å². The molecule has 2 heterocycles. The molecule has 1 aromatic rings. The summed E-state index contributed by atoms with van der Waals surface area (Å²) in [4.78, 5) is 50.8. The zero-order valence-electron chi connectivity index (χ0n) is 14.1. The number of aromatic amines is 1. The van der Waals surface area contributed by atoms with E-state index in [1.54, 1.807) is 0 Å². The van der Waals surface area contributed by atoms with Crippen molar-refractivity contribution in [3.05, 3.63) is 33.1 Å². The summed E-state index contributed by atoms with van der Waals surface area (Å²) >= 11 is 0. The van der Waals surface area contributed by atoms with Crippen molar-refractivity contribution in [3.63, 3.8) is 0 Å². The first kappa shape index (κ1) is 17.4. The molecular weight excluding hydrogens is 326 g/mol. The van der Waals surface area contributed by atoms with Gasteiger partial charge < -0.3 is 9.64 Å². The first-order valence-corrected chi connectivity index (χ1v) is 8.79. The number of amides is 1. The Kier molecular flexibility index (Phi) is 5.35. The van der Waals surface area contributed by atoms with Crippen LogP contribution in [-0.4, -0.2) is 45.5 Å². The number of rotatable bonds is 4. The molecule has 1 N–H and O–H groups in total. The number of nitrogens with zero attached hydrogens (tertiary/aromatic N) is 2. The minimum Gasteiger partial charge on any atom is -0.454 e. The standard InChI is InChI=1S/C17H23N3O5/c21-14-7-9-19(17(24)18-14)10-16(23)25-11-15(22)20-8-3-5-12-4-1-2-6-13(12)20/h7,9,12-13H,1-6,8,10-11H2,(H,18,21,24)/t12-,13-/m0/s1. The number of aromatic nitrogens is 2. The molecule has 1 aliphatic carbocycles. The van der Waals surface area contributed by atoms with Gasteiger partial charge in [-0.1, -0.05) is 12.8 Å². The van der Waals surface area contributed by atoms with Gasteiger partial charge in [-0.2, -0.15) is 0 Å². The first-order chi connectivity index (χ1) is 12.0. The van der Waals surface area contributed by atoms with Crippen molar-refractivity contribution in [3.8, 4) is 0 Å². The first-order valence-electron chi connectivity index (χ1n) is 8.79. The monoisotopic (exact) mass is 349 g/mol. The number of carbonyl (C=O) groups is 2. The lowest BCUT2D eigenvalue weighted by Crippen LogP contribution is -2.51. The number of fused-ring (bicyclic) bond motifs is 1. The van der Waals surface area contributed by atoms with Crippen molar-refractivity contribution in [2.24, 2.45) is 5.92 Å². The van der Waals surface area contributed by atoms with Crippen LogP contribution in [0.4, 0.5) is 0 Å². The van der Waals surface area contributed by atoms with Crippen molar-refractivity contribution in [2.75, 3.05) is 13.2 Å². The van der Waals surface area contributed by atoms with Crippen LogP contribution < -0.4 is 11.2 Å². The van der Waals surface area contributed by atoms with Gasteiger partial charge in [-0.3, -0.25) is 23.9 Å². The molecule has 136 valence electrons. The van der Waals surface area contributed by atoms with Crippen LogP contribution in [0, 0.1) is 5.92 Å². The molecule has 1 saturated heterocycles. The normalized spacial score (nSPS) is 23.0. The second-order valence-electron chi connectivity index (χ2n) is 6.74. The molecule has 1 aliphatic heterocycles. The predicted octanol–water partition coefficient (Wildman–Crippen LogP) is 0.261. The van der Waals surface area contributed by atoms with Crippen molar-refractivity contribution < 1.29 is 14.3 Å². The van der Waals surface area contributed by atoms with Crippen LogP contribution in [0.5, 0.6) is 0 Å². The molecule has 8 heteroatoms. The lowest BCUT2D eigenvalue weighted by molar-refractivity contribution is -0.155. The lowest BCUT2D eigenvalue weighted by Gasteiger charge is -2.44. The highest BCUT2D eigenvalue weighted by Crippen LogP contribution is 2.35. The fourth-order valence-corrected chi connectivity index (χ4v) is 3.91. The Hall–Kier alpha value is -2.38. The summed E-state index contributed by atoms with van der Waals surface area (Å²) in [6, 6.07) is 1.42. The third kappa shape index (κ3) is 4.18. The number of esters is 1. The van der Waals surface area contributed by atoms with Gasteiger partial charge in [0.2, 0.25) is 0 Å². The van der Waals surface area contributed by atoms with E-state index < -0.39 is 17.2 Å². The van der Waals surface area contributed by atoms with Gasteiger partial charge in [-0.25, -0.2) is 4.79 Å². The van der Waals surface area contributed by atoms with E-state index in [9.17, 15) is 19.2 Å². The van der Waals surface area contributed by atoms with Crippen LogP contribution in [0.3, 0.4) is 0 Å². The largest absolute Gasteiger partial charge is 0.454 e. The van der Waals surface area contributed by atoms with Gasteiger partial charge in [0, 0.05) is 24.8 Å². The Labute approximate surface area is 144 Å². The van der Waals surface area contributed by atoms with Crippen molar-refractivity contribution in [1.82, 2.24) is 14.5 Å². The van der Waals surface area contributed by atoms with Gasteiger partial charge in [0.05, 0.1) is 0 Å². The molecule has 1 aromatic heterocycles. The summed E-state index contributed by atoms with van der Waals surface area (Å²) in [6.45, 7) is 0.0754. The van der Waals surface area contributed by atoms with Crippen LogP contribution in [0.2, 0.25) is 0 Å². The molecule has 1 amide bonds. The zero-order valence-corrected chi connectivity index (χ0v) is 14.1. The van der Waals surface area contributed by atoms with Crippen molar-refractivity contribution >= 4 is 11.9 Å². The molecule has 2 fully saturated rings. The van der Waals surface area contributed by atoms with E-state index in [1.165, 1.54) is 25.5 Å². The van der Waals surface area contributed by atoms with E-state index in [0.717, 1.165) is 36.4 Å². The van der Waals surface area contributed by atoms with Crippen molar-refractivity contribution in [1.29, 1.82) is 0 Å². The second-order valence-corrected chi connectivity index (χ2v) is 6.74. The van der Waals surface area contributed by atoms with Crippen LogP contribution in [0.15, 0.2) is 21.9 Å². The number of ether oxygens (including phenoxy) is 1. The maximum Gasteiger partial charge on any atom is 0.328 e. The summed E-state index contributed by atoms with van der Waals surface area (Å²) in [5.74, 6) is -0.277. The summed E-state index contributed by atoms with van der Waals surface area (Å²) < 4.78 is 6.08. The molecular formula is C17H23N3O5. The number of hydrogen-bond acceptors (Lipinski definition) is 5. The molecule has 3 rings (SSSR count). The number of nitrogens with one attached hydrogen (secondary N) is 1. The molecule has 0 unspecified atom stereocenters. The zero-order chi connectivity index (χ0) is 17.8. The molecule has 2 atom stereocenters. The average molecular weight is 349 g/mol. The number of H-pyrrole nitrogens is 1. The van der Waals surface area contributed by atoms with Crippen LogP contribution in [-0.2, 0) is 20.9 Å². The second kappa shape index (κ2) is 7.67. The van der Waals surface area contributed by atoms with E-state index in [2.05, 4.69) is 4.98 Å². The predicted molar refractivity (Wildman–Crippen MR) is 89.0 cm³/mol. The molecule has 0 spiro atoms. The molecule has 0 bridgehead atoms. The third-order valence-corrected chi connectivity index (χ3v) is 5.12. The summed E-state index contributed by atoms with van der Waals surface area (Å²) in [5.41, 5.74) is -1.21. The third-order valence-electron chi connectivity index (χ3n) is 5.12. The number of piperidine rings is 1. The fourth-order valence-electron chi connectivity index (χ4n) is 3.91. The molecule has 0 aromatic carbocycles. The Morgan fingerprint density at radius 2 is 1.92 bits per heavy atom. The molecule has 0 radical (unpaired) electrons.